The Hall–Kier alpha value is -0.921. The van der Waals surface area contributed by atoms with E-state index >= 15 is 0 Å². The molecule has 3 aromatic rings. The first-order valence-electron chi connectivity index (χ1n) is 13.4. The van der Waals surface area contributed by atoms with Gasteiger partial charge in [0, 0.05) is 0 Å². The third kappa shape index (κ3) is 3.43. The predicted octanol–water partition coefficient (Wildman–Crippen LogP) is 6.13. The number of fused-ring (bicyclic) bond motifs is 6. The van der Waals surface area contributed by atoms with E-state index in [-0.39, 0.29) is 34.7 Å². The molecule has 6 atom stereocenters. The molecule has 2 saturated carbocycles. The minimum atomic E-state index is -4.52. The predicted molar refractivity (Wildman–Crippen MR) is 169 cm³/mol. The number of hydrogen-bond donors (Lipinski definition) is 0. The Morgan fingerprint density at radius 3 is 1.22 bits per heavy atom. The third-order valence-corrected chi connectivity index (χ3v) is 27.3. The summed E-state index contributed by atoms with van der Waals surface area (Å²) in [6, 6.07) is 30.0. The number of rotatable bonds is 4. The Labute approximate surface area is 272 Å². The first-order valence-corrected chi connectivity index (χ1v) is 21.2. The number of benzene rings is 3. The molecule has 3 fully saturated rings. The van der Waals surface area contributed by atoms with Crippen molar-refractivity contribution in [2.75, 3.05) is 0 Å². The summed E-state index contributed by atoms with van der Waals surface area (Å²) in [6.07, 6.45) is 0.576. The fourth-order valence-electron chi connectivity index (χ4n) is 7.98. The summed E-state index contributed by atoms with van der Waals surface area (Å²) in [5.74, 6) is -2.42. The zero-order valence-corrected chi connectivity index (χ0v) is 28.8. The number of hydrogen-bond acceptors (Lipinski definition) is 2. The van der Waals surface area contributed by atoms with E-state index in [9.17, 15) is 9.59 Å². The van der Waals surface area contributed by atoms with Gasteiger partial charge in [0.2, 0.25) is 0 Å². The fraction of sp³-hybridized carbons (Fsp3) is 0.290. The molecule has 41 heavy (non-hydrogen) atoms. The number of imide groups is 1. The van der Waals surface area contributed by atoms with Crippen LogP contribution in [0.3, 0.4) is 0 Å². The molecule has 7 rings (SSSR count). The standard InChI is InChI=1S/C13H9Cl6NO2.3C6H5.Sn/c14-7-8(15)12(17)6-2-4-3(9(21)20-10(4)22)1-5(6)11(7,16)13(12,18)19;3*1-2-4-6-5-3-1;/h3-6H,1-2H2,(H,20,21,22);3*1-5H;/q;;;;+1/p-1. The molecule has 1 aliphatic heterocycles. The summed E-state index contributed by atoms with van der Waals surface area (Å²) in [7, 11) is 0. The number of carbonyl (C=O) groups excluding carboxylic acids is 2. The first-order chi connectivity index (χ1) is 19.5. The van der Waals surface area contributed by atoms with Gasteiger partial charge in [0.05, 0.1) is 0 Å². The number of alkyl halides is 4. The summed E-state index contributed by atoms with van der Waals surface area (Å²) in [6.45, 7) is 0. The van der Waals surface area contributed by atoms with Crippen LogP contribution in [0, 0.1) is 23.7 Å². The maximum absolute atomic E-state index is 14.7. The van der Waals surface area contributed by atoms with Gasteiger partial charge in [-0.2, -0.15) is 0 Å². The number of allylic oxidation sites excluding steroid dienone is 2. The van der Waals surface area contributed by atoms with Crippen molar-refractivity contribution >= 4 is 111 Å². The first kappa shape index (κ1) is 28.8. The van der Waals surface area contributed by atoms with Crippen LogP contribution in [0.25, 0.3) is 0 Å². The quantitative estimate of drug-likeness (QED) is 0.182. The summed E-state index contributed by atoms with van der Waals surface area (Å²) in [5.41, 5.74) is 0. The summed E-state index contributed by atoms with van der Waals surface area (Å²) >= 11 is 36.9. The van der Waals surface area contributed by atoms with E-state index in [4.69, 9.17) is 69.6 Å². The zero-order chi connectivity index (χ0) is 28.9. The molecule has 0 spiro atoms. The second kappa shape index (κ2) is 9.79. The average Bonchev–Trinajstić information content (AvgIpc) is 3.36. The molecule has 3 aromatic carbocycles. The van der Waals surface area contributed by atoms with Crippen molar-refractivity contribution in [3.05, 3.63) is 101 Å². The van der Waals surface area contributed by atoms with Crippen LogP contribution in [-0.4, -0.2) is 47.7 Å². The van der Waals surface area contributed by atoms with E-state index in [0.29, 0.717) is 0 Å². The van der Waals surface area contributed by atoms with Gasteiger partial charge >= 0.3 is 275 Å². The second-order valence-electron chi connectivity index (χ2n) is 11.3. The number of halogens is 6. The SMILES string of the molecule is O=C1C2CC3C(CC2C(=O)[N]1[Sn]([c]1ccccc1)([c]1ccccc1)[c]1ccccc1)C1(Cl)C(Cl)=C(Cl)C3(Cl)C1(Cl)Cl. The van der Waals surface area contributed by atoms with E-state index in [1.807, 2.05) is 91.0 Å². The molecular formula is C31H23Cl6NO2Sn. The molecule has 210 valence electrons. The van der Waals surface area contributed by atoms with Gasteiger partial charge in [0.1, 0.15) is 0 Å². The molecule has 1 heterocycles. The van der Waals surface area contributed by atoms with Gasteiger partial charge in [0.25, 0.3) is 0 Å². The van der Waals surface area contributed by atoms with Crippen molar-refractivity contribution in [1.82, 2.24) is 3.12 Å². The van der Waals surface area contributed by atoms with Crippen molar-refractivity contribution in [1.29, 1.82) is 0 Å². The average molecular weight is 773 g/mol. The van der Waals surface area contributed by atoms with Gasteiger partial charge < -0.3 is 0 Å². The normalized spacial score (nSPS) is 33.8. The number of nitrogens with zero attached hydrogens (tertiary/aromatic N) is 1. The molecule has 4 aliphatic rings. The van der Waals surface area contributed by atoms with E-state index in [1.54, 1.807) is 3.12 Å². The fourth-order valence-corrected chi connectivity index (χ4v) is 24.8. The minimum absolute atomic E-state index is 0.126. The molecule has 2 amide bonds. The topological polar surface area (TPSA) is 37.4 Å². The number of carbonyl (C=O) groups is 2. The van der Waals surface area contributed by atoms with Gasteiger partial charge in [-0.15, -0.1) is 0 Å². The van der Waals surface area contributed by atoms with Gasteiger partial charge in [-0.05, 0) is 0 Å². The third-order valence-electron chi connectivity index (χ3n) is 9.74. The van der Waals surface area contributed by atoms with Gasteiger partial charge in [-0.25, -0.2) is 0 Å². The van der Waals surface area contributed by atoms with E-state index in [2.05, 4.69) is 0 Å². The molecular weight excluding hydrogens is 750 g/mol. The van der Waals surface area contributed by atoms with Gasteiger partial charge in [-0.1, -0.05) is 0 Å². The van der Waals surface area contributed by atoms with E-state index in [1.165, 1.54) is 0 Å². The molecule has 3 nitrogen and oxygen atoms in total. The Kier molecular flexibility index (Phi) is 6.88. The van der Waals surface area contributed by atoms with E-state index < -0.39 is 56.4 Å². The van der Waals surface area contributed by atoms with Gasteiger partial charge in [-0.3, -0.25) is 0 Å². The Morgan fingerprint density at radius 2 is 0.902 bits per heavy atom. The molecule has 0 aromatic heterocycles. The Bertz CT molecular complexity index is 1450. The summed E-state index contributed by atoms with van der Waals surface area (Å²) in [5, 5.41) is 0.251. The van der Waals surface area contributed by atoms with Crippen LogP contribution in [-0.2, 0) is 9.59 Å². The van der Waals surface area contributed by atoms with Crippen molar-refractivity contribution in [2.45, 2.75) is 26.9 Å². The van der Waals surface area contributed by atoms with Crippen LogP contribution in [0.1, 0.15) is 12.8 Å². The number of amides is 2. The molecule has 6 unspecified atom stereocenters. The van der Waals surface area contributed by atoms with Crippen LogP contribution in [0.5, 0.6) is 0 Å². The molecule has 3 aliphatic carbocycles. The van der Waals surface area contributed by atoms with Crippen LogP contribution in [0.15, 0.2) is 101 Å². The Morgan fingerprint density at radius 1 is 0.585 bits per heavy atom. The molecule has 1 saturated heterocycles. The Balaban J connectivity index is 1.42. The van der Waals surface area contributed by atoms with Crippen molar-refractivity contribution in [3.63, 3.8) is 0 Å². The van der Waals surface area contributed by atoms with Crippen LogP contribution < -0.4 is 10.7 Å². The molecule has 0 N–H and O–H groups in total. The van der Waals surface area contributed by atoms with Crippen molar-refractivity contribution < 1.29 is 9.59 Å². The molecule has 2 bridgehead atoms. The zero-order valence-electron chi connectivity index (χ0n) is 21.4. The van der Waals surface area contributed by atoms with Crippen molar-refractivity contribution in [2.24, 2.45) is 23.7 Å². The monoisotopic (exact) mass is 771 g/mol. The van der Waals surface area contributed by atoms with E-state index in [0.717, 1.165) is 10.7 Å². The van der Waals surface area contributed by atoms with Crippen LogP contribution >= 0.6 is 69.6 Å². The summed E-state index contributed by atoms with van der Waals surface area (Å²) in [4.78, 5) is 26.6. The second-order valence-corrected chi connectivity index (χ2v) is 24.9. The van der Waals surface area contributed by atoms with Crippen LogP contribution in [0.2, 0.25) is 0 Å². The van der Waals surface area contributed by atoms with Gasteiger partial charge in [0.15, 0.2) is 0 Å². The summed E-state index contributed by atoms with van der Waals surface area (Å²) < 4.78 is 3.01. The van der Waals surface area contributed by atoms with Crippen LogP contribution in [0.4, 0.5) is 0 Å². The molecule has 10 heteroatoms. The molecule has 0 radical (unpaired) electrons. The maximum atomic E-state index is 14.7. The van der Waals surface area contributed by atoms with Crippen molar-refractivity contribution in [3.8, 4) is 0 Å².